The van der Waals surface area contributed by atoms with E-state index in [2.05, 4.69) is 24.1 Å². The first-order valence-corrected chi connectivity index (χ1v) is 8.58. The molecule has 5 nitrogen and oxygen atoms in total. The molecule has 2 rings (SSSR count). The monoisotopic (exact) mass is 320 g/mol. The van der Waals surface area contributed by atoms with Gasteiger partial charge in [0.1, 0.15) is 12.4 Å². The van der Waals surface area contributed by atoms with Gasteiger partial charge in [-0.2, -0.15) is 0 Å². The van der Waals surface area contributed by atoms with Gasteiger partial charge in [0.2, 0.25) is 0 Å². The van der Waals surface area contributed by atoms with Crippen molar-refractivity contribution in [3.63, 3.8) is 0 Å². The van der Waals surface area contributed by atoms with Crippen molar-refractivity contribution in [3.8, 4) is 5.75 Å². The number of benzene rings is 1. The molecule has 1 aromatic carbocycles. The molecule has 5 heteroatoms. The summed E-state index contributed by atoms with van der Waals surface area (Å²) in [5.41, 5.74) is 0.634. The van der Waals surface area contributed by atoms with Crippen LogP contribution in [0.4, 0.5) is 0 Å². The Morgan fingerprint density at radius 3 is 2.91 bits per heavy atom. The summed E-state index contributed by atoms with van der Waals surface area (Å²) in [5, 5.41) is 2.96. The molecule has 1 atom stereocenters. The first-order chi connectivity index (χ1) is 11.2. The molecule has 1 unspecified atom stereocenters. The molecule has 1 aromatic rings. The number of likely N-dealkylation sites (N-methyl/N-ethyl adjacent to an activating group) is 1. The maximum Gasteiger partial charge on any atom is 0.251 e. The fraction of sp³-hybridized carbons (Fsp3) is 0.611. The Labute approximate surface area is 139 Å². The number of carbonyl (C=O) groups is 1. The lowest BCUT2D eigenvalue weighted by molar-refractivity contribution is 0.0679. The Hall–Kier alpha value is -1.59. The van der Waals surface area contributed by atoms with E-state index in [-0.39, 0.29) is 12.0 Å². The minimum Gasteiger partial charge on any atom is -0.491 e. The zero-order chi connectivity index (χ0) is 16.5. The second-order valence-corrected chi connectivity index (χ2v) is 5.76. The van der Waals surface area contributed by atoms with Gasteiger partial charge in [-0.25, -0.2) is 0 Å². The first kappa shape index (κ1) is 17.8. The maximum absolute atomic E-state index is 12.2. The van der Waals surface area contributed by atoms with Crippen molar-refractivity contribution < 1.29 is 14.3 Å². The van der Waals surface area contributed by atoms with E-state index in [1.807, 2.05) is 18.2 Å². The Morgan fingerprint density at radius 2 is 2.22 bits per heavy atom. The van der Waals surface area contributed by atoms with Gasteiger partial charge in [0, 0.05) is 25.3 Å². The third-order valence-corrected chi connectivity index (χ3v) is 4.16. The van der Waals surface area contributed by atoms with Gasteiger partial charge in [-0.3, -0.25) is 4.79 Å². The van der Waals surface area contributed by atoms with Crippen LogP contribution in [0, 0.1) is 0 Å². The number of amides is 1. The molecule has 0 aromatic heterocycles. The molecular weight excluding hydrogens is 292 g/mol. The Balaban J connectivity index is 1.79. The summed E-state index contributed by atoms with van der Waals surface area (Å²) < 4.78 is 11.3. The summed E-state index contributed by atoms with van der Waals surface area (Å²) >= 11 is 0. The molecule has 1 aliphatic heterocycles. The largest absolute Gasteiger partial charge is 0.491 e. The average Bonchev–Trinajstić information content (AvgIpc) is 3.10. The van der Waals surface area contributed by atoms with Crippen LogP contribution in [-0.4, -0.2) is 56.3 Å². The highest BCUT2D eigenvalue weighted by Crippen LogP contribution is 2.17. The highest BCUT2D eigenvalue weighted by atomic mass is 16.5. The van der Waals surface area contributed by atoms with Crippen LogP contribution in [0.2, 0.25) is 0 Å². The first-order valence-electron chi connectivity index (χ1n) is 8.58. The van der Waals surface area contributed by atoms with E-state index in [0.717, 1.165) is 44.8 Å². The highest BCUT2D eigenvalue weighted by Gasteiger charge is 2.16. The van der Waals surface area contributed by atoms with Crippen LogP contribution < -0.4 is 10.1 Å². The molecule has 1 fully saturated rings. The van der Waals surface area contributed by atoms with Gasteiger partial charge >= 0.3 is 0 Å². The summed E-state index contributed by atoms with van der Waals surface area (Å²) in [6.07, 6.45) is 2.33. The van der Waals surface area contributed by atoms with Crippen molar-refractivity contribution in [2.24, 2.45) is 0 Å². The summed E-state index contributed by atoms with van der Waals surface area (Å²) in [6, 6.07) is 7.33. The van der Waals surface area contributed by atoms with Crippen molar-refractivity contribution in [1.82, 2.24) is 10.2 Å². The minimum atomic E-state index is -0.0558. The van der Waals surface area contributed by atoms with Crippen molar-refractivity contribution in [3.05, 3.63) is 29.8 Å². The van der Waals surface area contributed by atoms with Gasteiger partial charge in [-0.1, -0.05) is 19.9 Å². The molecule has 0 radical (unpaired) electrons. The predicted molar refractivity (Wildman–Crippen MR) is 91.0 cm³/mol. The number of hydrogen-bond donors (Lipinski definition) is 1. The number of hydrogen-bond acceptors (Lipinski definition) is 4. The van der Waals surface area contributed by atoms with E-state index in [1.54, 1.807) is 6.07 Å². The van der Waals surface area contributed by atoms with Gasteiger partial charge in [-0.05, 0) is 44.1 Å². The lowest BCUT2D eigenvalue weighted by Crippen LogP contribution is -2.34. The van der Waals surface area contributed by atoms with E-state index in [9.17, 15) is 4.79 Å². The normalized spacial score (nSPS) is 17.4. The highest BCUT2D eigenvalue weighted by molar-refractivity contribution is 5.94. The Kier molecular flexibility index (Phi) is 7.36. The van der Waals surface area contributed by atoms with Gasteiger partial charge in [0.05, 0.1) is 6.10 Å². The van der Waals surface area contributed by atoms with E-state index in [4.69, 9.17) is 9.47 Å². The average molecular weight is 320 g/mol. The molecular formula is C18H28N2O3. The van der Waals surface area contributed by atoms with Gasteiger partial charge < -0.3 is 19.7 Å². The van der Waals surface area contributed by atoms with E-state index >= 15 is 0 Å². The number of nitrogens with zero attached hydrogens (tertiary/aromatic N) is 1. The predicted octanol–water partition coefficient (Wildman–Crippen LogP) is 2.32. The lowest BCUT2D eigenvalue weighted by atomic mass is 10.2. The second-order valence-electron chi connectivity index (χ2n) is 5.76. The molecule has 0 aliphatic carbocycles. The third-order valence-electron chi connectivity index (χ3n) is 4.16. The Morgan fingerprint density at radius 1 is 1.39 bits per heavy atom. The molecule has 23 heavy (non-hydrogen) atoms. The zero-order valence-electron chi connectivity index (χ0n) is 14.2. The topological polar surface area (TPSA) is 50.8 Å². The van der Waals surface area contributed by atoms with Crippen molar-refractivity contribution in [2.45, 2.75) is 32.8 Å². The minimum absolute atomic E-state index is 0.0558. The van der Waals surface area contributed by atoms with Gasteiger partial charge in [0.15, 0.2) is 0 Å². The molecule has 1 heterocycles. The summed E-state index contributed by atoms with van der Waals surface area (Å²) in [7, 11) is 0. The van der Waals surface area contributed by atoms with Crippen LogP contribution in [0.3, 0.4) is 0 Å². The quantitative estimate of drug-likeness (QED) is 0.759. The smallest absolute Gasteiger partial charge is 0.251 e. The summed E-state index contributed by atoms with van der Waals surface area (Å²) in [5.74, 6) is 0.664. The van der Waals surface area contributed by atoms with Crippen LogP contribution >= 0.6 is 0 Å². The SMILES string of the molecule is CCN(CC)CCNC(=O)c1cccc(OCC2CCCO2)c1. The summed E-state index contributed by atoms with van der Waals surface area (Å²) in [4.78, 5) is 14.5. The number of ether oxygens (including phenoxy) is 2. The molecule has 1 saturated heterocycles. The number of rotatable bonds is 9. The number of carbonyl (C=O) groups excluding carboxylic acids is 1. The third kappa shape index (κ3) is 5.84. The van der Waals surface area contributed by atoms with Crippen LogP contribution in [-0.2, 0) is 4.74 Å². The molecule has 1 aliphatic rings. The zero-order valence-corrected chi connectivity index (χ0v) is 14.2. The molecule has 1 amide bonds. The van der Waals surface area contributed by atoms with E-state index < -0.39 is 0 Å². The van der Waals surface area contributed by atoms with E-state index in [1.165, 1.54) is 0 Å². The molecule has 0 saturated carbocycles. The van der Waals surface area contributed by atoms with Crippen LogP contribution in [0.25, 0.3) is 0 Å². The van der Waals surface area contributed by atoms with Crippen molar-refractivity contribution >= 4 is 5.91 Å². The van der Waals surface area contributed by atoms with Gasteiger partial charge in [-0.15, -0.1) is 0 Å². The second kappa shape index (κ2) is 9.53. The van der Waals surface area contributed by atoms with Crippen molar-refractivity contribution in [2.75, 3.05) is 39.4 Å². The molecule has 1 N–H and O–H groups in total. The van der Waals surface area contributed by atoms with E-state index in [0.29, 0.717) is 18.7 Å². The maximum atomic E-state index is 12.2. The summed E-state index contributed by atoms with van der Waals surface area (Å²) in [6.45, 7) is 9.14. The van der Waals surface area contributed by atoms with Crippen LogP contribution in [0.1, 0.15) is 37.0 Å². The lowest BCUT2D eigenvalue weighted by Gasteiger charge is -2.18. The van der Waals surface area contributed by atoms with Gasteiger partial charge in [0.25, 0.3) is 5.91 Å². The molecule has 128 valence electrons. The Bertz CT molecular complexity index is 483. The fourth-order valence-electron chi connectivity index (χ4n) is 2.66. The van der Waals surface area contributed by atoms with Crippen LogP contribution in [0.15, 0.2) is 24.3 Å². The van der Waals surface area contributed by atoms with Crippen LogP contribution in [0.5, 0.6) is 5.75 Å². The number of nitrogens with one attached hydrogen (secondary N) is 1. The standard InChI is InChI=1S/C18H28N2O3/c1-3-20(4-2)11-10-19-18(21)15-7-5-8-16(13-15)23-14-17-9-6-12-22-17/h5,7-8,13,17H,3-4,6,9-12,14H2,1-2H3,(H,19,21). The van der Waals surface area contributed by atoms with Crippen molar-refractivity contribution in [1.29, 1.82) is 0 Å². The molecule has 0 bridgehead atoms. The molecule has 0 spiro atoms. The fourth-order valence-corrected chi connectivity index (χ4v) is 2.66.